The van der Waals surface area contributed by atoms with Gasteiger partial charge in [0, 0.05) is 11.4 Å². The Bertz CT molecular complexity index is 744. The van der Waals surface area contributed by atoms with Gasteiger partial charge in [0.25, 0.3) is 0 Å². The molecule has 0 saturated carbocycles. The molecule has 0 aliphatic heterocycles. The van der Waals surface area contributed by atoms with Crippen LogP contribution in [0.25, 0.3) is 5.69 Å². The number of hydrogen-bond acceptors (Lipinski definition) is 5. The van der Waals surface area contributed by atoms with Gasteiger partial charge in [-0.1, -0.05) is 18.2 Å². The summed E-state index contributed by atoms with van der Waals surface area (Å²) in [7, 11) is 0. The first-order chi connectivity index (χ1) is 10.3. The zero-order valence-corrected chi connectivity index (χ0v) is 11.8. The molecule has 0 aliphatic rings. The second-order valence-electron chi connectivity index (χ2n) is 4.31. The molecule has 106 valence electrons. The Balaban J connectivity index is 1.93. The average Bonchev–Trinajstić information content (AvgIpc) is 2.95. The third-order valence-electron chi connectivity index (χ3n) is 2.82. The predicted molar refractivity (Wildman–Crippen MR) is 77.6 cm³/mol. The van der Waals surface area contributed by atoms with Crippen LogP contribution >= 0.6 is 11.8 Å². The van der Waals surface area contributed by atoms with E-state index in [0.717, 1.165) is 11.3 Å². The summed E-state index contributed by atoms with van der Waals surface area (Å²) < 4.78 is 15.1. The van der Waals surface area contributed by atoms with Crippen molar-refractivity contribution in [2.45, 2.75) is 16.6 Å². The molecule has 0 saturated heterocycles. The lowest BCUT2D eigenvalue weighted by atomic mass is 10.2. The van der Waals surface area contributed by atoms with E-state index in [1.165, 1.54) is 23.9 Å². The lowest BCUT2D eigenvalue weighted by Crippen LogP contribution is -1.99. The van der Waals surface area contributed by atoms with Crippen LogP contribution in [0.2, 0.25) is 0 Å². The Hall–Kier alpha value is -2.25. The summed E-state index contributed by atoms with van der Waals surface area (Å²) >= 11 is 1.29. The van der Waals surface area contributed by atoms with Crippen LogP contribution < -0.4 is 5.73 Å². The zero-order valence-electron chi connectivity index (χ0n) is 11.0. The van der Waals surface area contributed by atoms with Crippen molar-refractivity contribution in [1.29, 1.82) is 0 Å². The van der Waals surface area contributed by atoms with Crippen molar-refractivity contribution in [1.82, 2.24) is 20.2 Å². The van der Waals surface area contributed by atoms with Gasteiger partial charge in [-0.05, 0) is 58.1 Å². The molecule has 0 aliphatic carbocycles. The standard InChI is InChI=1S/C14H12FN5S/c15-11-6-10(9-16)7-13(8-11)21-14-17-18-19-20(14)12-4-2-1-3-5-12/h1-8H,9,16H2. The fourth-order valence-corrected chi connectivity index (χ4v) is 2.78. The molecule has 0 spiro atoms. The van der Waals surface area contributed by atoms with E-state index < -0.39 is 0 Å². The van der Waals surface area contributed by atoms with Crippen molar-refractivity contribution in [3.05, 3.63) is 59.9 Å². The summed E-state index contributed by atoms with van der Waals surface area (Å²) in [4.78, 5) is 0.711. The van der Waals surface area contributed by atoms with E-state index in [9.17, 15) is 4.39 Å². The van der Waals surface area contributed by atoms with E-state index in [0.29, 0.717) is 10.1 Å². The van der Waals surface area contributed by atoms with Gasteiger partial charge in [0.15, 0.2) is 0 Å². The molecule has 0 unspecified atom stereocenters. The Morgan fingerprint density at radius 1 is 1.14 bits per heavy atom. The quantitative estimate of drug-likeness (QED) is 0.801. The maximum atomic E-state index is 13.5. The molecule has 1 heterocycles. The monoisotopic (exact) mass is 301 g/mol. The Labute approximate surface area is 125 Å². The van der Waals surface area contributed by atoms with Gasteiger partial charge < -0.3 is 5.73 Å². The number of benzene rings is 2. The van der Waals surface area contributed by atoms with Crippen molar-refractivity contribution in [2.24, 2.45) is 5.73 Å². The summed E-state index contributed by atoms with van der Waals surface area (Å²) in [5, 5.41) is 12.2. The van der Waals surface area contributed by atoms with Crippen LogP contribution in [-0.2, 0) is 6.54 Å². The molecule has 0 atom stereocenters. The molecule has 2 aromatic carbocycles. The highest BCUT2D eigenvalue weighted by Gasteiger charge is 2.11. The number of rotatable bonds is 4. The van der Waals surface area contributed by atoms with E-state index >= 15 is 0 Å². The van der Waals surface area contributed by atoms with Gasteiger partial charge in [-0.3, -0.25) is 0 Å². The molecule has 5 nitrogen and oxygen atoms in total. The first-order valence-corrected chi connectivity index (χ1v) is 7.09. The molecule has 0 bridgehead atoms. The molecule has 2 N–H and O–H groups in total. The van der Waals surface area contributed by atoms with Crippen LogP contribution in [0, 0.1) is 5.82 Å². The van der Waals surface area contributed by atoms with E-state index in [1.807, 2.05) is 36.4 Å². The summed E-state index contributed by atoms with van der Waals surface area (Å²) in [6.45, 7) is 0.287. The van der Waals surface area contributed by atoms with Crippen molar-refractivity contribution >= 4 is 11.8 Å². The molecule has 21 heavy (non-hydrogen) atoms. The minimum atomic E-state index is -0.320. The number of nitrogens with zero attached hydrogens (tertiary/aromatic N) is 4. The van der Waals surface area contributed by atoms with Gasteiger partial charge in [-0.2, -0.15) is 4.68 Å². The highest BCUT2D eigenvalue weighted by atomic mass is 32.2. The third kappa shape index (κ3) is 3.09. The van der Waals surface area contributed by atoms with Crippen LogP contribution in [-0.4, -0.2) is 20.2 Å². The lowest BCUT2D eigenvalue weighted by molar-refractivity contribution is 0.621. The second-order valence-corrected chi connectivity index (χ2v) is 5.35. The van der Waals surface area contributed by atoms with E-state index in [-0.39, 0.29) is 12.4 Å². The molecular formula is C14H12FN5S. The fourth-order valence-electron chi connectivity index (χ4n) is 1.88. The van der Waals surface area contributed by atoms with Crippen LogP contribution in [0.4, 0.5) is 4.39 Å². The summed E-state index contributed by atoms with van der Waals surface area (Å²) in [6, 6.07) is 14.2. The second kappa shape index (κ2) is 6.02. The van der Waals surface area contributed by atoms with Crippen LogP contribution in [0.1, 0.15) is 5.56 Å². The summed E-state index contributed by atoms with van der Waals surface area (Å²) in [6.07, 6.45) is 0. The maximum Gasteiger partial charge on any atom is 0.218 e. The number of tetrazole rings is 1. The van der Waals surface area contributed by atoms with Gasteiger partial charge in [-0.25, -0.2) is 4.39 Å². The minimum absolute atomic E-state index is 0.287. The third-order valence-corrected chi connectivity index (χ3v) is 3.73. The first-order valence-electron chi connectivity index (χ1n) is 6.27. The Kier molecular flexibility index (Phi) is 3.94. The zero-order chi connectivity index (χ0) is 14.7. The van der Waals surface area contributed by atoms with E-state index in [1.54, 1.807) is 4.68 Å². The van der Waals surface area contributed by atoms with Gasteiger partial charge in [0.1, 0.15) is 5.82 Å². The molecule has 1 aromatic heterocycles. The molecular weight excluding hydrogens is 289 g/mol. The lowest BCUT2D eigenvalue weighted by Gasteiger charge is -2.05. The van der Waals surface area contributed by atoms with E-state index in [2.05, 4.69) is 15.5 Å². The first kappa shape index (κ1) is 13.7. The number of para-hydroxylation sites is 1. The van der Waals surface area contributed by atoms with Crippen molar-refractivity contribution in [3.63, 3.8) is 0 Å². The molecule has 3 aromatic rings. The number of nitrogens with two attached hydrogens (primary N) is 1. The molecule has 3 rings (SSSR count). The summed E-state index contributed by atoms with van der Waals surface area (Å²) in [5.74, 6) is -0.320. The van der Waals surface area contributed by atoms with Crippen LogP contribution in [0.5, 0.6) is 0 Å². The molecule has 7 heteroatoms. The normalized spacial score (nSPS) is 10.8. The Morgan fingerprint density at radius 2 is 1.95 bits per heavy atom. The summed E-state index contributed by atoms with van der Waals surface area (Å²) in [5.41, 5.74) is 7.14. The SMILES string of the molecule is NCc1cc(F)cc(Sc2nnnn2-c2ccccc2)c1. The average molecular weight is 301 g/mol. The fraction of sp³-hybridized carbons (Fsp3) is 0.0714. The van der Waals surface area contributed by atoms with Crippen LogP contribution in [0.15, 0.2) is 58.6 Å². The molecule has 0 fully saturated rings. The topological polar surface area (TPSA) is 69.6 Å². The highest BCUT2D eigenvalue weighted by molar-refractivity contribution is 7.99. The predicted octanol–water partition coefficient (Wildman–Crippen LogP) is 2.41. The number of aromatic nitrogens is 4. The smallest absolute Gasteiger partial charge is 0.218 e. The Morgan fingerprint density at radius 3 is 2.71 bits per heavy atom. The van der Waals surface area contributed by atoms with Crippen molar-refractivity contribution in [2.75, 3.05) is 0 Å². The largest absolute Gasteiger partial charge is 0.326 e. The molecule has 0 amide bonds. The van der Waals surface area contributed by atoms with Gasteiger partial charge in [0.2, 0.25) is 5.16 Å². The van der Waals surface area contributed by atoms with Gasteiger partial charge in [-0.15, -0.1) is 5.10 Å². The number of halogens is 1. The van der Waals surface area contributed by atoms with E-state index in [4.69, 9.17) is 5.73 Å². The van der Waals surface area contributed by atoms with Gasteiger partial charge in [0.05, 0.1) is 5.69 Å². The minimum Gasteiger partial charge on any atom is -0.326 e. The van der Waals surface area contributed by atoms with Crippen LogP contribution in [0.3, 0.4) is 0 Å². The number of hydrogen-bond donors (Lipinski definition) is 1. The van der Waals surface area contributed by atoms with Gasteiger partial charge >= 0.3 is 0 Å². The van der Waals surface area contributed by atoms with Crippen molar-refractivity contribution < 1.29 is 4.39 Å². The highest BCUT2D eigenvalue weighted by Crippen LogP contribution is 2.28. The maximum absolute atomic E-state index is 13.5. The van der Waals surface area contributed by atoms with Crippen molar-refractivity contribution in [3.8, 4) is 5.69 Å². The molecule has 0 radical (unpaired) electrons.